The number of aromatic nitrogens is 1. The van der Waals surface area contributed by atoms with Gasteiger partial charge >= 0.3 is 0 Å². The summed E-state index contributed by atoms with van der Waals surface area (Å²) < 4.78 is 5.03. The van der Waals surface area contributed by atoms with Crippen LogP contribution in [0.1, 0.15) is 13.3 Å². The standard InChI is InChI=1S/C11H16N2O/c1-4-6-9(2)12-10-7-5-8-11(13-10)14-3/h4-5,7-9H,1,6H2,2-3H3,(H,12,13). The van der Waals surface area contributed by atoms with Gasteiger partial charge in [0.25, 0.3) is 0 Å². The van der Waals surface area contributed by atoms with Gasteiger partial charge in [0.05, 0.1) is 7.11 Å². The van der Waals surface area contributed by atoms with E-state index >= 15 is 0 Å². The molecule has 0 spiro atoms. The van der Waals surface area contributed by atoms with E-state index in [2.05, 4.69) is 23.8 Å². The van der Waals surface area contributed by atoms with Crippen LogP contribution in [0.3, 0.4) is 0 Å². The maximum Gasteiger partial charge on any atom is 0.214 e. The summed E-state index contributed by atoms with van der Waals surface area (Å²) in [6.45, 7) is 5.78. The molecule has 14 heavy (non-hydrogen) atoms. The summed E-state index contributed by atoms with van der Waals surface area (Å²) in [5.74, 6) is 1.46. The first-order valence-electron chi connectivity index (χ1n) is 4.64. The van der Waals surface area contributed by atoms with Crippen LogP contribution in [0.15, 0.2) is 30.9 Å². The van der Waals surface area contributed by atoms with E-state index in [0.29, 0.717) is 11.9 Å². The van der Waals surface area contributed by atoms with Crippen LogP contribution in [0.2, 0.25) is 0 Å². The third-order valence-corrected chi connectivity index (χ3v) is 1.85. The van der Waals surface area contributed by atoms with Gasteiger partial charge in [-0.2, -0.15) is 4.98 Å². The lowest BCUT2D eigenvalue weighted by Gasteiger charge is -2.12. The van der Waals surface area contributed by atoms with Crippen molar-refractivity contribution in [2.45, 2.75) is 19.4 Å². The summed E-state index contributed by atoms with van der Waals surface area (Å²) in [6.07, 6.45) is 2.80. The van der Waals surface area contributed by atoms with Crippen molar-refractivity contribution in [1.29, 1.82) is 0 Å². The molecule has 0 aliphatic carbocycles. The van der Waals surface area contributed by atoms with Crippen molar-refractivity contribution >= 4 is 5.82 Å². The van der Waals surface area contributed by atoms with Crippen molar-refractivity contribution in [3.05, 3.63) is 30.9 Å². The zero-order valence-electron chi connectivity index (χ0n) is 8.66. The van der Waals surface area contributed by atoms with Crippen LogP contribution in [-0.4, -0.2) is 18.1 Å². The SMILES string of the molecule is C=CCC(C)Nc1cccc(OC)n1. The quantitative estimate of drug-likeness (QED) is 0.728. The molecule has 0 amide bonds. The smallest absolute Gasteiger partial charge is 0.214 e. The summed E-state index contributed by atoms with van der Waals surface area (Å²) >= 11 is 0. The Balaban J connectivity index is 2.61. The molecule has 1 aromatic rings. The van der Waals surface area contributed by atoms with Crippen molar-refractivity contribution in [2.75, 3.05) is 12.4 Å². The lowest BCUT2D eigenvalue weighted by Crippen LogP contribution is -2.14. The molecule has 0 aliphatic heterocycles. The van der Waals surface area contributed by atoms with Gasteiger partial charge in [-0.05, 0) is 19.4 Å². The zero-order valence-corrected chi connectivity index (χ0v) is 8.66. The molecule has 1 unspecified atom stereocenters. The lowest BCUT2D eigenvalue weighted by molar-refractivity contribution is 0.398. The molecule has 0 fully saturated rings. The van der Waals surface area contributed by atoms with Crippen molar-refractivity contribution in [2.24, 2.45) is 0 Å². The summed E-state index contributed by atoms with van der Waals surface area (Å²) in [5, 5.41) is 3.26. The highest BCUT2D eigenvalue weighted by atomic mass is 16.5. The van der Waals surface area contributed by atoms with Crippen LogP contribution in [-0.2, 0) is 0 Å². The monoisotopic (exact) mass is 192 g/mol. The second-order valence-electron chi connectivity index (χ2n) is 3.13. The van der Waals surface area contributed by atoms with Crippen LogP contribution < -0.4 is 10.1 Å². The first-order valence-corrected chi connectivity index (χ1v) is 4.64. The maximum atomic E-state index is 5.03. The fraction of sp³-hybridized carbons (Fsp3) is 0.364. The summed E-state index contributed by atoms with van der Waals surface area (Å²) in [5.41, 5.74) is 0. The Morgan fingerprint density at radius 1 is 1.64 bits per heavy atom. The molecule has 0 saturated heterocycles. The van der Waals surface area contributed by atoms with Gasteiger partial charge in [0.1, 0.15) is 5.82 Å². The number of hydrogen-bond donors (Lipinski definition) is 1. The molecule has 1 atom stereocenters. The maximum absolute atomic E-state index is 5.03. The number of nitrogens with zero attached hydrogens (tertiary/aromatic N) is 1. The van der Waals surface area contributed by atoms with E-state index in [1.807, 2.05) is 24.3 Å². The van der Waals surface area contributed by atoms with Crippen LogP contribution >= 0.6 is 0 Å². The Morgan fingerprint density at radius 3 is 3.07 bits per heavy atom. The van der Waals surface area contributed by atoms with Gasteiger partial charge in [-0.25, -0.2) is 0 Å². The Morgan fingerprint density at radius 2 is 2.43 bits per heavy atom. The van der Waals surface area contributed by atoms with Gasteiger partial charge in [-0.1, -0.05) is 12.1 Å². The van der Waals surface area contributed by atoms with Crippen LogP contribution in [0.25, 0.3) is 0 Å². The molecular weight excluding hydrogens is 176 g/mol. The normalized spacial score (nSPS) is 11.9. The molecule has 3 heteroatoms. The highest BCUT2D eigenvalue weighted by Crippen LogP contribution is 2.12. The first kappa shape index (κ1) is 10.6. The first-order chi connectivity index (χ1) is 6.76. The van der Waals surface area contributed by atoms with Gasteiger partial charge in [0.2, 0.25) is 5.88 Å². The minimum absolute atomic E-state index is 0.340. The number of ether oxygens (including phenoxy) is 1. The van der Waals surface area contributed by atoms with E-state index in [1.54, 1.807) is 7.11 Å². The number of methoxy groups -OCH3 is 1. The minimum Gasteiger partial charge on any atom is -0.481 e. The predicted octanol–water partition coefficient (Wildman–Crippen LogP) is 2.47. The Kier molecular flexibility index (Phi) is 3.98. The number of rotatable bonds is 5. The number of hydrogen-bond acceptors (Lipinski definition) is 3. The second kappa shape index (κ2) is 5.27. The van der Waals surface area contributed by atoms with E-state index < -0.39 is 0 Å². The number of anilines is 1. The van der Waals surface area contributed by atoms with Gasteiger partial charge in [-0.3, -0.25) is 0 Å². The third-order valence-electron chi connectivity index (χ3n) is 1.85. The van der Waals surface area contributed by atoms with Crippen molar-refractivity contribution < 1.29 is 4.74 Å². The molecule has 1 heterocycles. The van der Waals surface area contributed by atoms with Crippen LogP contribution in [0.5, 0.6) is 5.88 Å². The topological polar surface area (TPSA) is 34.1 Å². The molecular formula is C11H16N2O. The van der Waals surface area contributed by atoms with E-state index in [1.165, 1.54) is 0 Å². The van der Waals surface area contributed by atoms with E-state index in [4.69, 9.17) is 4.74 Å². The molecule has 0 saturated carbocycles. The fourth-order valence-electron chi connectivity index (χ4n) is 1.17. The van der Waals surface area contributed by atoms with Crippen molar-refractivity contribution in [1.82, 2.24) is 4.98 Å². The van der Waals surface area contributed by atoms with Gasteiger partial charge in [0.15, 0.2) is 0 Å². The second-order valence-corrected chi connectivity index (χ2v) is 3.13. The third kappa shape index (κ3) is 3.09. The van der Waals surface area contributed by atoms with Gasteiger partial charge < -0.3 is 10.1 Å². The predicted molar refractivity (Wildman–Crippen MR) is 58.7 cm³/mol. The largest absolute Gasteiger partial charge is 0.481 e. The van der Waals surface area contributed by atoms with Crippen molar-refractivity contribution in [3.63, 3.8) is 0 Å². The molecule has 76 valence electrons. The molecule has 0 bridgehead atoms. The number of nitrogens with one attached hydrogen (secondary N) is 1. The zero-order chi connectivity index (χ0) is 10.4. The molecule has 1 aromatic heterocycles. The average molecular weight is 192 g/mol. The molecule has 0 radical (unpaired) electrons. The highest BCUT2D eigenvalue weighted by Gasteiger charge is 2.01. The number of pyridine rings is 1. The van der Waals surface area contributed by atoms with Gasteiger partial charge in [0, 0.05) is 12.1 Å². The van der Waals surface area contributed by atoms with Crippen LogP contribution in [0.4, 0.5) is 5.82 Å². The van der Waals surface area contributed by atoms with Crippen LogP contribution in [0, 0.1) is 0 Å². The summed E-state index contributed by atoms with van der Waals surface area (Å²) in [4.78, 5) is 4.25. The summed E-state index contributed by atoms with van der Waals surface area (Å²) in [6, 6.07) is 5.99. The molecule has 0 aliphatic rings. The summed E-state index contributed by atoms with van der Waals surface area (Å²) in [7, 11) is 1.61. The highest BCUT2D eigenvalue weighted by molar-refractivity contribution is 5.37. The van der Waals surface area contributed by atoms with E-state index in [-0.39, 0.29) is 0 Å². The Labute approximate surface area is 84.8 Å². The molecule has 1 N–H and O–H groups in total. The van der Waals surface area contributed by atoms with E-state index in [9.17, 15) is 0 Å². The van der Waals surface area contributed by atoms with Gasteiger partial charge in [-0.15, -0.1) is 6.58 Å². The minimum atomic E-state index is 0.340. The average Bonchev–Trinajstić information content (AvgIpc) is 2.18. The fourth-order valence-corrected chi connectivity index (χ4v) is 1.17. The van der Waals surface area contributed by atoms with Crippen molar-refractivity contribution in [3.8, 4) is 5.88 Å². The Hall–Kier alpha value is -1.51. The molecule has 3 nitrogen and oxygen atoms in total. The lowest BCUT2D eigenvalue weighted by atomic mass is 10.2. The van der Waals surface area contributed by atoms with E-state index in [0.717, 1.165) is 12.2 Å². The Bertz CT molecular complexity index is 299. The molecule has 0 aromatic carbocycles. The molecule has 1 rings (SSSR count).